The lowest BCUT2D eigenvalue weighted by Crippen LogP contribution is -2.30. The van der Waals surface area contributed by atoms with Gasteiger partial charge in [0, 0.05) is 24.2 Å². The molecule has 1 N–H and O–H groups in total. The lowest BCUT2D eigenvalue weighted by molar-refractivity contribution is 0.221. The molecule has 1 aromatic carbocycles. The fourth-order valence-electron chi connectivity index (χ4n) is 2.55. The number of hydrogen-bond donors (Lipinski definition) is 1. The average Bonchev–Trinajstić information content (AvgIpc) is 2.49. The highest BCUT2D eigenvalue weighted by molar-refractivity contribution is 5.38. The van der Waals surface area contributed by atoms with Crippen LogP contribution in [-0.2, 0) is 6.54 Å². The molecule has 1 atom stereocenters. The fourth-order valence-corrected chi connectivity index (χ4v) is 2.55. The van der Waals surface area contributed by atoms with Gasteiger partial charge in [0.25, 0.3) is 0 Å². The summed E-state index contributed by atoms with van der Waals surface area (Å²) in [7, 11) is 1.75. The summed E-state index contributed by atoms with van der Waals surface area (Å²) in [5.74, 6) is 0.987. The van der Waals surface area contributed by atoms with E-state index in [1.54, 1.807) is 7.11 Å². The molecule has 0 aliphatic rings. The molecule has 0 amide bonds. The van der Waals surface area contributed by atoms with Crippen molar-refractivity contribution in [1.29, 1.82) is 0 Å². The molecule has 21 heavy (non-hydrogen) atoms. The lowest BCUT2D eigenvalue weighted by Gasteiger charge is -2.26. The second-order valence-electron chi connectivity index (χ2n) is 5.90. The van der Waals surface area contributed by atoms with E-state index in [1.165, 1.54) is 11.1 Å². The second kappa shape index (κ2) is 9.06. The summed E-state index contributed by atoms with van der Waals surface area (Å²) in [6.45, 7) is 14.1. The van der Waals surface area contributed by atoms with Gasteiger partial charge in [-0.25, -0.2) is 0 Å². The Morgan fingerprint density at radius 1 is 1.19 bits per heavy atom. The first-order chi connectivity index (χ1) is 10.0. The first-order valence-corrected chi connectivity index (χ1v) is 8.17. The molecule has 3 nitrogen and oxygen atoms in total. The molecular formula is C18H32N2O. The first kappa shape index (κ1) is 18.0. The van der Waals surface area contributed by atoms with Gasteiger partial charge in [-0.15, -0.1) is 0 Å². The topological polar surface area (TPSA) is 24.5 Å². The number of nitrogens with one attached hydrogen (secondary N) is 1. The summed E-state index contributed by atoms with van der Waals surface area (Å²) in [6, 6.07) is 7.48. The van der Waals surface area contributed by atoms with Crippen molar-refractivity contribution in [2.45, 2.75) is 59.7 Å². The Kier molecular flexibility index (Phi) is 7.76. The van der Waals surface area contributed by atoms with E-state index in [2.05, 4.69) is 63.0 Å². The zero-order chi connectivity index (χ0) is 15.8. The quantitative estimate of drug-likeness (QED) is 0.745. The first-order valence-electron chi connectivity index (χ1n) is 8.17. The third-order valence-corrected chi connectivity index (χ3v) is 4.01. The summed E-state index contributed by atoms with van der Waals surface area (Å²) in [4.78, 5) is 2.45. The van der Waals surface area contributed by atoms with Crippen molar-refractivity contribution in [3.63, 3.8) is 0 Å². The van der Waals surface area contributed by atoms with Crippen LogP contribution in [0.3, 0.4) is 0 Å². The molecule has 0 saturated heterocycles. The molecule has 1 unspecified atom stereocenters. The van der Waals surface area contributed by atoms with Gasteiger partial charge in [0.05, 0.1) is 7.11 Å². The Balaban J connectivity index is 2.94. The predicted molar refractivity (Wildman–Crippen MR) is 90.9 cm³/mol. The number of nitrogens with zero attached hydrogens (tertiary/aromatic N) is 1. The lowest BCUT2D eigenvalue weighted by atomic mass is 10.0. The van der Waals surface area contributed by atoms with Crippen molar-refractivity contribution in [2.75, 3.05) is 20.2 Å². The van der Waals surface area contributed by atoms with Crippen LogP contribution in [0.2, 0.25) is 0 Å². The minimum atomic E-state index is 0.378. The SMILES string of the molecule is CCCNC(C)c1ccc(OC)c(CN(CC)C(C)C)c1. The molecule has 1 aromatic rings. The van der Waals surface area contributed by atoms with Gasteiger partial charge in [-0.2, -0.15) is 0 Å². The fraction of sp³-hybridized carbons (Fsp3) is 0.667. The van der Waals surface area contributed by atoms with Crippen molar-refractivity contribution in [2.24, 2.45) is 0 Å². The van der Waals surface area contributed by atoms with Crippen LogP contribution >= 0.6 is 0 Å². The van der Waals surface area contributed by atoms with Crippen LogP contribution in [-0.4, -0.2) is 31.1 Å². The molecule has 0 radical (unpaired) electrons. The maximum atomic E-state index is 5.54. The van der Waals surface area contributed by atoms with Crippen molar-refractivity contribution in [3.8, 4) is 5.75 Å². The van der Waals surface area contributed by atoms with Crippen molar-refractivity contribution in [3.05, 3.63) is 29.3 Å². The molecule has 0 bridgehead atoms. The highest BCUT2D eigenvalue weighted by Crippen LogP contribution is 2.25. The largest absolute Gasteiger partial charge is 0.496 e. The number of ether oxygens (including phenoxy) is 1. The van der Waals surface area contributed by atoms with Crippen LogP contribution in [0.1, 0.15) is 58.2 Å². The molecule has 0 saturated carbocycles. The maximum absolute atomic E-state index is 5.54. The Bertz CT molecular complexity index is 418. The highest BCUT2D eigenvalue weighted by atomic mass is 16.5. The van der Waals surface area contributed by atoms with Gasteiger partial charge in [0.15, 0.2) is 0 Å². The van der Waals surface area contributed by atoms with E-state index in [-0.39, 0.29) is 0 Å². The van der Waals surface area contributed by atoms with E-state index < -0.39 is 0 Å². The van der Waals surface area contributed by atoms with Gasteiger partial charge in [-0.1, -0.05) is 19.9 Å². The van der Waals surface area contributed by atoms with E-state index >= 15 is 0 Å². The number of hydrogen-bond acceptors (Lipinski definition) is 3. The average molecular weight is 292 g/mol. The van der Waals surface area contributed by atoms with Crippen molar-refractivity contribution >= 4 is 0 Å². The summed E-state index contributed by atoms with van der Waals surface area (Å²) < 4.78 is 5.54. The van der Waals surface area contributed by atoms with Crippen LogP contribution in [0.5, 0.6) is 5.75 Å². The monoisotopic (exact) mass is 292 g/mol. The van der Waals surface area contributed by atoms with Crippen LogP contribution < -0.4 is 10.1 Å². The molecule has 0 aliphatic carbocycles. The second-order valence-corrected chi connectivity index (χ2v) is 5.90. The van der Waals surface area contributed by atoms with E-state index in [1.807, 2.05) is 0 Å². The standard InChI is InChI=1S/C18H32N2O/c1-7-11-19-15(5)16-9-10-18(21-6)17(12-16)13-20(8-2)14(3)4/h9-10,12,14-15,19H,7-8,11,13H2,1-6H3. The summed E-state index contributed by atoms with van der Waals surface area (Å²) in [5.41, 5.74) is 2.61. The zero-order valence-electron chi connectivity index (χ0n) is 14.6. The number of benzene rings is 1. The minimum Gasteiger partial charge on any atom is -0.496 e. The highest BCUT2D eigenvalue weighted by Gasteiger charge is 2.13. The summed E-state index contributed by atoms with van der Waals surface area (Å²) >= 11 is 0. The number of rotatable bonds is 9. The van der Waals surface area contributed by atoms with Crippen LogP contribution in [0.4, 0.5) is 0 Å². The Morgan fingerprint density at radius 3 is 2.43 bits per heavy atom. The Morgan fingerprint density at radius 2 is 1.90 bits per heavy atom. The van der Waals surface area contributed by atoms with Gasteiger partial charge in [-0.05, 0) is 58.0 Å². The summed E-state index contributed by atoms with van der Waals surface area (Å²) in [6.07, 6.45) is 1.16. The Labute approximate surface area is 130 Å². The zero-order valence-corrected chi connectivity index (χ0v) is 14.6. The molecule has 120 valence electrons. The van der Waals surface area contributed by atoms with Gasteiger partial charge in [0.1, 0.15) is 5.75 Å². The number of methoxy groups -OCH3 is 1. The molecule has 0 fully saturated rings. The van der Waals surface area contributed by atoms with Gasteiger partial charge in [0.2, 0.25) is 0 Å². The normalized spacial score (nSPS) is 13.0. The van der Waals surface area contributed by atoms with E-state index in [0.29, 0.717) is 12.1 Å². The van der Waals surface area contributed by atoms with Crippen LogP contribution in [0.15, 0.2) is 18.2 Å². The predicted octanol–water partition coefficient (Wildman–Crippen LogP) is 3.99. The molecule has 3 heteroatoms. The molecule has 1 rings (SSSR count). The van der Waals surface area contributed by atoms with E-state index in [9.17, 15) is 0 Å². The molecule has 0 aliphatic heterocycles. The molecule has 0 aromatic heterocycles. The van der Waals surface area contributed by atoms with Gasteiger partial charge < -0.3 is 10.1 Å². The third kappa shape index (κ3) is 5.33. The van der Waals surface area contributed by atoms with E-state index in [0.717, 1.165) is 31.8 Å². The van der Waals surface area contributed by atoms with Crippen LogP contribution in [0.25, 0.3) is 0 Å². The van der Waals surface area contributed by atoms with E-state index in [4.69, 9.17) is 4.74 Å². The maximum Gasteiger partial charge on any atom is 0.123 e. The molecule has 0 heterocycles. The molecular weight excluding hydrogens is 260 g/mol. The van der Waals surface area contributed by atoms with Gasteiger partial charge in [-0.3, -0.25) is 4.90 Å². The third-order valence-electron chi connectivity index (χ3n) is 4.01. The molecule has 0 spiro atoms. The summed E-state index contributed by atoms with van der Waals surface area (Å²) in [5, 5.41) is 3.55. The van der Waals surface area contributed by atoms with Gasteiger partial charge >= 0.3 is 0 Å². The minimum absolute atomic E-state index is 0.378. The van der Waals surface area contributed by atoms with Crippen molar-refractivity contribution in [1.82, 2.24) is 10.2 Å². The Hall–Kier alpha value is -1.06. The smallest absolute Gasteiger partial charge is 0.123 e. The van der Waals surface area contributed by atoms with Crippen LogP contribution in [0, 0.1) is 0 Å². The van der Waals surface area contributed by atoms with Crippen molar-refractivity contribution < 1.29 is 4.74 Å².